The minimum absolute atomic E-state index is 0.0312. The van der Waals surface area contributed by atoms with E-state index < -0.39 is 11.9 Å². The minimum atomic E-state index is -2.54. The van der Waals surface area contributed by atoms with Crippen LogP contribution in [0, 0.1) is 56.7 Å². The van der Waals surface area contributed by atoms with E-state index in [1.165, 1.54) is 36.8 Å². The fourth-order valence-corrected chi connectivity index (χ4v) is 14.3. The highest BCUT2D eigenvalue weighted by Gasteiger charge is 2.71. The summed E-state index contributed by atoms with van der Waals surface area (Å²) in [4.78, 5) is 28.3. The smallest absolute Gasteiger partial charge is 0.335 e. The molecule has 1 heterocycles. The third-order valence-electron chi connectivity index (χ3n) is 17.1. The number of hydrogen-bond donors (Lipinski definition) is 1. The van der Waals surface area contributed by atoms with Crippen LogP contribution in [0.25, 0.3) is 5.57 Å². The summed E-state index contributed by atoms with van der Waals surface area (Å²) >= 11 is 0. The van der Waals surface area contributed by atoms with Crippen molar-refractivity contribution in [2.24, 2.45) is 56.7 Å². The molecule has 51 heavy (non-hydrogen) atoms. The molecular formula is C45H63F2NO3. The number of Topliss-reactive ketones (excluding diaryl/α,β-unsaturated/α-hetero) is 1. The summed E-state index contributed by atoms with van der Waals surface area (Å²) < 4.78 is 27.5. The van der Waals surface area contributed by atoms with Crippen molar-refractivity contribution in [2.45, 2.75) is 131 Å². The van der Waals surface area contributed by atoms with Crippen LogP contribution >= 0.6 is 0 Å². The van der Waals surface area contributed by atoms with Crippen molar-refractivity contribution in [3.63, 3.8) is 0 Å². The maximum Gasteiger partial charge on any atom is 0.335 e. The zero-order chi connectivity index (χ0) is 36.8. The lowest BCUT2D eigenvalue weighted by atomic mass is 9.32. The number of nitrogens with zero attached hydrogens (tertiary/aromatic N) is 1. The summed E-state index contributed by atoms with van der Waals surface area (Å²) in [5, 5.41) is 9.48. The maximum atomic E-state index is 14.6. The predicted octanol–water partition coefficient (Wildman–Crippen LogP) is 11.1. The average molecular weight is 704 g/mol. The van der Waals surface area contributed by atoms with Crippen molar-refractivity contribution in [3.8, 4) is 0 Å². The van der Waals surface area contributed by atoms with Crippen LogP contribution in [0.3, 0.4) is 0 Å². The summed E-state index contributed by atoms with van der Waals surface area (Å²) in [6.07, 6.45) is 13.7. The molecule has 9 atom stereocenters. The maximum absolute atomic E-state index is 14.6. The topological polar surface area (TPSA) is 57.6 Å². The first-order valence-corrected chi connectivity index (χ1v) is 20.2. The van der Waals surface area contributed by atoms with Gasteiger partial charge in [0.1, 0.15) is 5.78 Å². The summed E-state index contributed by atoms with van der Waals surface area (Å²) in [5.41, 5.74) is 4.28. The largest absolute Gasteiger partial charge is 0.478 e. The Morgan fingerprint density at radius 3 is 2.20 bits per heavy atom. The highest BCUT2D eigenvalue weighted by molar-refractivity contribution is 5.88. The number of carboxylic acid groups (broad SMARTS) is 1. The first-order valence-electron chi connectivity index (χ1n) is 20.2. The third kappa shape index (κ3) is 5.65. The fourth-order valence-electron chi connectivity index (χ4n) is 14.3. The summed E-state index contributed by atoms with van der Waals surface area (Å²) in [6.45, 7) is 21.1. The van der Waals surface area contributed by atoms with Gasteiger partial charge < -0.3 is 10.0 Å². The number of carbonyl (C=O) groups is 2. The molecule has 1 N–H and O–H groups in total. The number of rotatable bonds is 8. The zero-order valence-corrected chi connectivity index (χ0v) is 32.3. The Kier molecular flexibility index (Phi) is 9.16. The molecule has 7 rings (SSSR count). The van der Waals surface area contributed by atoms with Gasteiger partial charge in [0.15, 0.2) is 0 Å². The van der Waals surface area contributed by atoms with Gasteiger partial charge in [-0.1, -0.05) is 65.0 Å². The molecular weight excluding hydrogens is 640 g/mol. The first kappa shape index (κ1) is 37.0. The van der Waals surface area contributed by atoms with Gasteiger partial charge in [-0.25, -0.2) is 13.6 Å². The van der Waals surface area contributed by atoms with Crippen LogP contribution in [-0.2, 0) is 4.79 Å². The first-order chi connectivity index (χ1) is 23.9. The second-order valence-corrected chi connectivity index (χ2v) is 19.5. The second kappa shape index (κ2) is 12.6. The SMILES string of the molecule is C=C(C)[C@@H]1CC[C@]2(C(=O)CCCN3CCC(F)(F)CC3)CC[C@]3(C)[C@H](CC[C@@H]4[C@@]5(C)CC=C(c6ccc(C(=O)O)cc6)C(C)(C)[C@@H]5CC[C@]43C)[C@@H]12. The van der Waals surface area contributed by atoms with E-state index in [2.05, 4.69) is 59.1 Å². The Morgan fingerprint density at radius 2 is 1.55 bits per heavy atom. The molecule has 0 unspecified atom stereocenters. The minimum Gasteiger partial charge on any atom is -0.478 e. The van der Waals surface area contributed by atoms with E-state index in [-0.39, 0.29) is 39.9 Å². The number of piperidine rings is 1. The Labute approximate surface area is 305 Å². The van der Waals surface area contributed by atoms with Crippen LogP contribution in [0.5, 0.6) is 0 Å². The van der Waals surface area contributed by atoms with Crippen molar-refractivity contribution in [2.75, 3.05) is 19.6 Å². The normalized spacial score (nSPS) is 41.3. The molecule has 0 spiro atoms. The quantitative estimate of drug-likeness (QED) is 0.274. The molecule has 0 aromatic heterocycles. The molecule has 5 aliphatic carbocycles. The number of halogens is 2. The molecule has 0 amide bonds. The number of fused-ring (bicyclic) bond motifs is 7. The van der Waals surface area contributed by atoms with Crippen LogP contribution in [0.15, 0.2) is 42.5 Å². The van der Waals surface area contributed by atoms with Gasteiger partial charge in [-0.15, -0.1) is 0 Å². The van der Waals surface area contributed by atoms with Crippen LogP contribution in [-0.4, -0.2) is 47.3 Å². The molecule has 1 saturated heterocycles. The Morgan fingerprint density at radius 1 is 0.863 bits per heavy atom. The van der Waals surface area contributed by atoms with Crippen molar-refractivity contribution < 1.29 is 23.5 Å². The Bertz CT molecular complexity index is 1590. The molecule has 6 heteroatoms. The number of allylic oxidation sites excluding steroid dienone is 3. The lowest BCUT2D eigenvalue weighted by Gasteiger charge is -2.72. The Hall–Kier alpha value is -2.34. The fraction of sp³-hybridized carbons (Fsp3) is 0.733. The van der Waals surface area contributed by atoms with Gasteiger partial charge in [0.05, 0.1) is 5.56 Å². The molecule has 0 bridgehead atoms. The average Bonchev–Trinajstić information content (AvgIpc) is 3.47. The monoisotopic (exact) mass is 703 g/mol. The summed E-state index contributed by atoms with van der Waals surface area (Å²) in [7, 11) is 0. The number of aromatic carboxylic acids is 1. The molecule has 4 saturated carbocycles. The van der Waals surface area contributed by atoms with Gasteiger partial charge in [0.25, 0.3) is 5.92 Å². The zero-order valence-electron chi connectivity index (χ0n) is 32.3. The highest BCUT2D eigenvalue weighted by Crippen LogP contribution is 2.78. The highest BCUT2D eigenvalue weighted by atomic mass is 19.3. The number of ketones is 1. The van der Waals surface area contributed by atoms with Gasteiger partial charge in [-0.2, -0.15) is 0 Å². The second-order valence-electron chi connectivity index (χ2n) is 19.5. The van der Waals surface area contributed by atoms with E-state index in [0.29, 0.717) is 60.4 Å². The number of carboxylic acids is 1. The number of alkyl halides is 2. The molecule has 1 aromatic carbocycles. The summed E-state index contributed by atoms with van der Waals surface area (Å²) in [6, 6.07) is 7.50. The van der Waals surface area contributed by atoms with E-state index >= 15 is 0 Å². The van der Waals surface area contributed by atoms with Gasteiger partial charge in [0.2, 0.25) is 0 Å². The number of likely N-dealkylation sites (tertiary alicyclic amines) is 1. The van der Waals surface area contributed by atoms with Crippen molar-refractivity contribution >= 4 is 17.3 Å². The Balaban J connectivity index is 1.14. The van der Waals surface area contributed by atoms with Crippen molar-refractivity contribution in [1.82, 2.24) is 4.90 Å². The summed E-state index contributed by atoms with van der Waals surface area (Å²) in [5.74, 6) is -0.600. The van der Waals surface area contributed by atoms with Gasteiger partial charge in [-0.05, 0) is 152 Å². The van der Waals surface area contributed by atoms with E-state index in [1.807, 2.05) is 12.1 Å². The van der Waals surface area contributed by atoms with E-state index in [0.717, 1.165) is 50.6 Å². The molecule has 5 fully saturated rings. The molecule has 4 nitrogen and oxygen atoms in total. The van der Waals surface area contributed by atoms with Crippen LogP contribution in [0.4, 0.5) is 8.78 Å². The van der Waals surface area contributed by atoms with E-state index in [1.54, 1.807) is 12.1 Å². The van der Waals surface area contributed by atoms with Gasteiger partial charge in [-0.3, -0.25) is 4.79 Å². The molecule has 6 aliphatic rings. The lowest BCUT2D eigenvalue weighted by Crippen LogP contribution is -2.65. The van der Waals surface area contributed by atoms with E-state index in [9.17, 15) is 23.5 Å². The number of carbonyl (C=O) groups excluding carboxylic acids is 1. The van der Waals surface area contributed by atoms with Crippen LogP contribution < -0.4 is 0 Å². The third-order valence-corrected chi connectivity index (χ3v) is 17.1. The van der Waals surface area contributed by atoms with Crippen LogP contribution in [0.2, 0.25) is 0 Å². The van der Waals surface area contributed by atoms with Gasteiger partial charge >= 0.3 is 5.97 Å². The molecule has 0 radical (unpaired) electrons. The number of hydrogen-bond acceptors (Lipinski definition) is 3. The van der Waals surface area contributed by atoms with Gasteiger partial charge in [0, 0.05) is 37.8 Å². The standard InChI is InChI=1S/C45H63F2NO3/c1-29(2)32-16-21-44(37(49)9-8-26-48-27-24-45(46,47)25-28-48)23-22-42(6)34(38(32)44)14-15-36-41(5)19-17-33(30-10-12-31(13-11-30)39(50)51)40(3,4)35(41)18-20-43(36,42)7/h10-13,17,32,34-36,38H,1,8-9,14-16,18-28H2,2-7H3,(H,50,51)/t32-,34+,35-,36+,38+,41-,42+,43+,44+/m0/s1. The molecule has 280 valence electrons. The van der Waals surface area contributed by atoms with Crippen LogP contribution in [0.1, 0.15) is 141 Å². The number of benzene rings is 1. The van der Waals surface area contributed by atoms with Crippen molar-refractivity contribution in [1.29, 1.82) is 0 Å². The predicted molar refractivity (Wildman–Crippen MR) is 201 cm³/mol. The van der Waals surface area contributed by atoms with E-state index in [4.69, 9.17) is 0 Å². The molecule has 1 aromatic rings. The van der Waals surface area contributed by atoms with Crippen molar-refractivity contribution in [3.05, 3.63) is 53.6 Å². The molecule has 1 aliphatic heterocycles. The lowest BCUT2D eigenvalue weighted by molar-refractivity contribution is -0.224.